The molecule has 2 bridgehead atoms. The quantitative estimate of drug-likeness (QED) is 0.438. The molecule has 0 saturated heterocycles. The SMILES string of the molecule is CCn1cc(NC(=O)[C@H]2[C@@H](C(=O)O)[C@H]3CC[C@H]2C3=C(C)C)c(C(=O)NCCOC)n1. The maximum Gasteiger partial charge on any atom is 0.307 e. The van der Waals surface area contributed by atoms with Crippen molar-refractivity contribution < 1.29 is 24.2 Å². The van der Waals surface area contributed by atoms with Gasteiger partial charge in [-0.05, 0) is 45.4 Å². The monoisotopic (exact) mass is 418 g/mol. The molecule has 2 amide bonds. The molecular weight excluding hydrogens is 388 g/mol. The van der Waals surface area contributed by atoms with Gasteiger partial charge in [-0.15, -0.1) is 0 Å². The number of nitrogens with zero attached hydrogens (tertiary/aromatic N) is 2. The van der Waals surface area contributed by atoms with E-state index >= 15 is 0 Å². The number of aliphatic carboxylic acids is 1. The molecule has 0 spiro atoms. The minimum absolute atomic E-state index is 0.0682. The molecule has 1 heterocycles. The number of carboxylic acid groups (broad SMARTS) is 1. The van der Waals surface area contributed by atoms with Gasteiger partial charge >= 0.3 is 5.97 Å². The number of ether oxygens (including phenoxy) is 1. The van der Waals surface area contributed by atoms with Crippen LogP contribution in [0.15, 0.2) is 17.3 Å². The molecule has 0 aromatic carbocycles. The predicted octanol–water partition coefficient (Wildman–Crippen LogP) is 1.91. The van der Waals surface area contributed by atoms with E-state index in [9.17, 15) is 19.5 Å². The summed E-state index contributed by atoms with van der Waals surface area (Å²) >= 11 is 0. The van der Waals surface area contributed by atoms with Crippen molar-refractivity contribution in [3.05, 3.63) is 23.0 Å². The molecule has 164 valence electrons. The Hall–Kier alpha value is -2.68. The second-order valence-corrected chi connectivity index (χ2v) is 8.12. The van der Waals surface area contributed by atoms with E-state index in [0.29, 0.717) is 25.4 Å². The zero-order valence-electron chi connectivity index (χ0n) is 17.9. The molecule has 2 saturated carbocycles. The number of carbonyl (C=O) groups is 3. The van der Waals surface area contributed by atoms with Gasteiger partial charge in [0.15, 0.2) is 5.69 Å². The lowest BCUT2D eigenvalue weighted by Gasteiger charge is -2.26. The van der Waals surface area contributed by atoms with Crippen molar-refractivity contribution in [3.63, 3.8) is 0 Å². The highest BCUT2D eigenvalue weighted by Gasteiger charge is 2.57. The summed E-state index contributed by atoms with van der Waals surface area (Å²) in [7, 11) is 1.54. The van der Waals surface area contributed by atoms with Gasteiger partial charge in [0.1, 0.15) is 0 Å². The fourth-order valence-electron chi connectivity index (χ4n) is 5.01. The zero-order valence-corrected chi connectivity index (χ0v) is 17.9. The summed E-state index contributed by atoms with van der Waals surface area (Å²) in [4.78, 5) is 37.8. The summed E-state index contributed by atoms with van der Waals surface area (Å²) in [6.07, 6.45) is 3.21. The van der Waals surface area contributed by atoms with Crippen LogP contribution >= 0.6 is 0 Å². The molecular formula is C21H30N4O5. The Labute approximate surface area is 175 Å². The van der Waals surface area contributed by atoms with E-state index in [1.165, 1.54) is 0 Å². The Morgan fingerprint density at radius 1 is 1.23 bits per heavy atom. The fraction of sp³-hybridized carbons (Fsp3) is 0.619. The molecule has 9 heteroatoms. The van der Waals surface area contributed by atoms with Crippen LogP contribution in [0.2, 0.25) is 0 Å². The highest BCUT2D eigenvalue weighted by Crippen LogP contribution is 2.57. The van der Waals surface area contributed by atoms with Gasteiger partial charge in [-0.3, -0.25) is 19.1 Å². The minimum atomic E-state index is -0.942. The first-order valence-electron chi connectivity index (χ1n) is 10.4. The Kier molecular flexibility index (Phi) is 6.60. The van der Waals surface area contributed by atoms with Crippen LogP contribution in [0.25, 0.3) is 0 Å². The molecule has 0 unspecified atom stereocenters. The van der Waals surface area contributed by atoms with Gasteiger partial charge in [-0.2, -0.15) is 5.10 Å². The lowest BCUT2D eigenvalue weighted by atomic mass is 9.78. The highest BCUT2D eigenvalue weighted by molar-refractivity contribution is 6.03. The van der Waals surface area contributed by atoms with E-state index in [0.717, 1.165) is 24.0 Å². The molecule has 3 rings (SSSR count). The van der Waals surface area contributed by atoms with Crippen molar-refractivity contribution in [2.45, 2.75) is 40.2 Å². The van der Waals surface area contributed by atoms with Gasteiger partial charge in [-0.25, -0.2) is 0 Å². The second kappa shape index (κ2) is 8.99. The lowest BCUT2D eigenvalue weighted by Crippen LogP contribution is -2.38. The molecule has 9 nitrogen and oxygen atoms in total. The van der Waals surface area contributed by atoms with Crippen molar-refractivity contribution in [3.8, 4) is 0 Å². The Balaban J connectivity index is 1.85. The summed E-state index contributed by atoms with van der Waals surface area (Å²) in [5, 5.41) is 19.6. The van der Waals surface area contributed by atoms with Gasteiger partial charge < -0.3 is 20.5 Å². The minimum Gasteiger partial charge on any atom is -0.481 e. The maximum absolute atomic E-state index is 13.2. The second-order valence-electron chi connectivity index (χ2n) is 8.12. The van der Waals surface area contributed by atoms with E-state index in [2.05, 4.69) is 15.7 Å². The number of aryl methyl sites for hydroxylation is 1. The van der Waals surface area contributed by atoms with Crippen molar-refractivity contribution in [1.82, 2.24) is 15.1 Å². The molecule has 2 aliphatic rings. The summed E-state index contributed by atoms with van der Waals surface area (Å²) in [5.74, 6) is -3.28. The highest BCUT2D eigenvalue weighted by atomic mass is 16.5. The maximum atomic E-state index is 13.2. The van der Waals surface area contributed by atoms with Crippen LogP contribution in [0.5, 0.6) is 0 Å². The van der Waals surface area contributed by atoms with Gasteiger partial charge in [0, 0.05) is 26.4 Å². The number of allylic oxidation sites excluding steroid dienone is 2. The number of aromatic nitrogens is 2. The number of rotatable bonds is 8. The fourth-order valence-corrected chi connectivity index (χ4v) is 5.01. The number of carboxylic acids is 1. The Morgan fingerprint density at radius 3 is 2.47 bits per heavy atom. The summed E-state index contributed by atoms with van der Waals surface area (Å²) in [5.41, 5.74) is 2.62. The number of carbonyl (C=O) groups excluding carboxylic acids is 2. The number of methoxy groups -OCH3 is 1. The van der Waals surface area contributed by atoms with Crippen LogP contribution in [0.1, 0.15) is 44.1 Å². The van der Waals surface area contributed by atoms with Crippen molar-refractivity contribution in [1.29, 1.82) is 0 Å². The Bertz CT molecular complexity index is 871. The third-order valence-corrected chi connectivity index (χ3v) is 6.16. The molecule has 1 aromatic heterocycles. The van der Waals surface area contributed by atoms with Crippen LogP contribution in [0.3, 0.4) is 0 Å². The smallest absolute Gasteiger partial charge is 0.307 e. The summed E-state index contributed by atoms with van der Waals surface area (Å²) in [6.45, 7) is 7.05. The molecule has 2 aliphatic carbocycles. The zero-order chi connectivity index (χ0) is 22.0. The first-order chi connectivity index (χ1) is 14.3. The van der Waals surface area contributed by atoms with Crippen LogP contribution in [0, 0.1) is 23.7 Å². The van der Waals surface area contributed by atoms with Crippen LogP contribution in [-0.2, 0) is 20.9 Å². The number of fused-ring (bicyclic) bond motifs is 2. The largest absolute Gasteiger partial charge is 0.481 e. The predicted molar refractivity (Wildman–Crippen MR) is 110 cm³/mol. The number of nitrogens with one attached hydrogen (secondary N) is 2. The number of hydrogen-bond acceptors (Lipinski definition) is 5. The standard InChI is InChI=1S/C21H30N4O5/c1-5-25-10-14(18(24-25)20(27)22-8-9-30-4)23-19(26)16-12-6-7-13(15(12)11(2)3)17(16)21(28)29/h10,12-13,16-17H,5-9H2,1-4H3,(H,22,27)(H,23,26)(H,28,29)/t12-,13-,16+,17-/m0/s1. The lowest BCUT2D eigenvalue weighted by molar-refractivity contribution is -0.148. The van der Waals surface area contributed by atoms with Crippen molar-refractivity contribution >= 4 is 23.5 Å². The van der Waals surface area contributed by atoms with E-state index in [4.69, 9.17) is 4.74 Å². The molecule has 30 heavy (non-hydrogen) atoms. The normalized spacial score (nSPS) is 24.7. The molecule has 0 aliphatic heterocycles. The third kappa shape index (κ3) is 3.98. The number of anilines is 1. The van der Waals surface area contributed by atoms with E-state index in [-0.39, 0.29) is 23.4 Å². The molecule has 4 atom stereocenters. The Morgan fingerprint density at radius 2 is 1.90 bits per heavy atom. The van der Waals surface area contributed by atoms with E-state index in [1.807, 2.05) is 20.8 Å². The van der Waals surface area contributed by atoms with E-state index < -0.39 is 23.7 Å². The number of amides is 2. The summed E-state index contributed by atoms with van der Waals surface area (Å²) in [6, 6.07) is 0. The summed E-state index contributed by atoms with van der Waals surface area (Å²) < 4.78 is 6.51. The topological polar surface area (TPSA) is 123 Å². The van der Waals surface area contributed by atoms with Crippen LogP contribution < -0.4 is 10.6 Å². The van der Waals surface area contributed by atoms with Crippen molar-refractivity contribution in [2.24, 2.45) is 23.7 Å². The third-order valence-electron chi connectivity index (χ3n) is 6.16. The first kappa shape index (κ1) is 22.0. The first-order valence-corrected chi connectivity index (χ1v) is 10.4. The van der Waals surface area contributed by atoms with Crippen LogP contribution in [0.4, 0.5) is 5.69 Å². The van der Waals surface area contributed by atoms with Gasteiger partial charge in [0.2, 0.25) is 5.91 Å². The molecule has 1 aromatic rings. The molecule has 0 radical (unpaired) electrons. The number of hydrogen-bond donors (Lipinski definition) is 3. The average molecular weight is 418 g/mol. The van der Waals surface area contributed by atoms with Gasteiger partial charge in [-0.1, -0.05) is 11.1 Å². The van der Waals surface area contributed by atoms with Gasteiger partial charge in [0.25, 0.3) is 5.91 Å². The van der Waals surface area contributed by atoms with Crippen molar-refractivity contribution in [2.75, 3.05) is 25.6 Å². The van der Waals surface area contributed by atoms with Gasteiger partial charge in [0.05, 0.1) is 24.1 Å². The average Bonchev–Trinajstić information content (AvgIpc) is 3.38. The van der Waals surface area contributed by atoms with E-state index in [1.54, 1.807) is 18.0 Å². The molecule has 3 N–H and O–H groups in total. The molecule has 2 fully saturated rings. The van der Waals surface area contributed by atoms with Crippen LogP contribution in [-0.4, -0.2) is 52.9 Å².